The third-order valence-corrected chi connectivity index (χ3v) is 3.43. The highest BCUT2D eigenvalue weighted by atomic mass is 35.5. The van der Waals surface area contributed by atoms with Crippen molar-refractivity contribution in [2.75, 3.05) is 11.9 Å². The molecule has 3 rings (SSSR count). The Labute approximate surface area is 124 Å². The fourth-order valence-electron chi connectivity index (χ4n) is 1.74. The van der Waals surface area contributed by atoms with Gasteiger partial charge in [0.05, 0.1) is 40.0 Å². The van der Waals surface area contributed by atoms with E-state index in [9.17, 15) is 0 Å². The molecule has 1 N–H and O–H groups in total. The number of nitrogens with one attached hydrogen (secondary N) is 1. The summed E-state index contributed by atoms with van der Waals surface area (Å²) in [7, 11) is 0. The van der Waals surface area contributed by atoms with E-state index in [1.54, 1.807) is 35.4 Å². The van der Waals surface area contributed by atoms with Crippen molar-refractivity contribution in [1.29, 1.82) is 0 Å². The smallest absolute Gasteiger partial charge is 0.145 e. The topological polar surface area (TPSA) is 68.5 Å². The molecule has 0 bridgehead atoms. The second kappa shape index (κ2) is 5.60. The molecule has 1 aromatic carbocycles. The van der Waals surface area contributed by atoms with Gasteiger partial charge >= 0.3 is 0 Å². The summed E-state index contributed by atoms with van der Waals surface area (Å²) in [4.78, 5) is 8.73. The van der Waals surface area contributed by atoms with E-state index in [2.05, 4.69) is 25.6 Å². The van der Waals surface area contributed by atoms with Crippen LogP contribution in [0.1, 0.15) is 0 Å². The Morgan fingerprint density at radius 3 is 2.70 bits per heavy atom. The summed E-state index contributed by atoms with van der Waals surface area (Å²) in [5, 5.41) is 11.7. The Balaban J connectivity index is 1.73. The fourth-order valence-corrected chi connectivity index (χ4v) is 2.06. The van der Waals surface area contributed by atoms with E-state index < -0.39 is 0 Å². The molecule has 2 aromatic heterocycles. The van der Waals surface area contributed by atoms with E-state index in [0.717, 1.165) is 0 Å². The van der Waals surface area contributed by atoms with E-state index >= 15 is 0 Å². The maximum Gasteiger partial charge on any atom is 0.145 e. The van der Waals surface area contributed by atoms with E-state index in [-0.39, 0.29) is 0 Å². The fraction of sp³-hybridized carbons (Fsp3) is 0.167. The molecule has 0 spiro atoms. The molecule has 0 unspecified atom stereocenters. The molecule has 8 heteroatoms. The number of hydrogen-bond acceptors (Lipinski definition) is 5. The predicted octanol–water partition coefficient (Wildman–Crippen LogP) is 2.64. The zero-order valence-corrected chi connectivity index (χ0v) is 11.8. The van der Waals surface area contributed by atoms with Gasteiger partial charge in [-0.15, -0.1) is 5.10 Å². The molecule has 0 aliphatic carbocycles. The molecule has 0 atom stereocenters. The van der Waals surface area contributed by atoms with Gasteiger partial charge in [0.15, 0.2) is 0 Å². The highest BCUT2D eigenvalue weighted by molar-refractivity contribution is 6.42. The number of hydrogen-bond donors (Lipinski definition) is 1. The average Bonchev–Trinajstić information content (AvgIpc) is 2.93. The number of anilines is 1. The van der Waals surface area contributed by atoms with E-state index in [0.29, 0.717) is 40.0 Å². The van der Waals surface area contributed by atoms with Crippen LogP contribution in [0.25, 0.3) is 11.0 Å². The number of benzene rings is 1. The second-order valence-electron chi connectivity index (χ2n) is 4.10. The number of nitrogens with zero attached hydrogens (tertiary/aromatic N) is 5. The van der Waals surface area contributed by atoms with Crippen LogP contribution in [0.3, 0.4) is 0 Å². The lowest BCUT2D eigenvalue weighted by Crippen LogP contribution is -2.12. The first-order chi connectivity index (χ1) is 9.72. The zero-order valence-electron chi connectivity index (χ0n) is 10.3. The van der Waals surface area contributed by atoms with Gasteiger partial charge in [-0.1, -0.05) is 28.4 Å². The SMILES string of the molecule is Clc1cc2ncc(NCCn3ccnn3)nc2cc1Cl. The molecule has 20 heavy (non-hydrogen) atoms. The summed E-state index contributed by atoms with van der Waals surface area (Å²) in [5.41, 5.74) is 1.41. The molecular weight excluding hydrogens is 299 g/mol. The van der Waals surface area contributed by atoms with Crippen molar-refractivity contribution < 1.29 is 0 Å². The Morgan fingerprint density at radius 2 is 1.95 bits per heavy atom. The molecule has 102 valence electrons. The van der Waals surface area contributed by atoms with Crippen molar-refractivity contribution in [3.05, 3.63) is 40.8 Å². The van der Waals surface area contributed by atoms with Crippen LogP contribution >= 0.6 is 23.2 Å². The van der Waals surface area contributed by atoms with Crippen molar-refractivity contribution in [3.8, 4) is 0 Å². The normalized spacial score (nSPS) is 10.9. The zero-order chi connectivity index (χ0) is 13.9. The van der Waals surface area contributed by atoms with Crippen LogP contribution in [-0.2, 0) is 6.54 Å². The summed E-state index contributed by atoms with van der Waals surface area (Å²) in [5.74, 6) is 0.677. The average molecular weight is 309 g/mol. The number of rotatable bonds is 4. The van der Waals surface area contributed by atoms with Gasteiger partial charge in [0.25, 0.3) is 0 Å². The molecule has 0 saturated heterocycles. The lowest BCUT2D eigenvalue weighted by atomic mass is 10.3. The van der Waals surface area contributed by atoms with Crippen LogP contribution in [-0.4, -0.2) is 31.5 Å². The van der Waals surface area contributed by atoms with E-state index in [4.69, 9.17) is 23.2 Å². The summed E-state index contributed by atoms with van der Waals surface area (Å²) in [6.45, 7) is 1.37. The Hall–Kier alpha value is -1.92. The molecule has 0 fully saturated rings. The van der Waals surface area contributed by atoms with Gasteiger partial charge < -0.3 is 5.32 Å². The molecule has 3 aromatic rings. The van der Waals surface area contributed by atoms with Gasteiger partial charge in [-0.2, -0.15) is 0 Å². The Morgan fingerprint density at radius 1 is 1.15 bits per heavy atom. The number of fused-ring (bicyclic) bond motifs is 1. The van der Waals surface area contributed by atoms with Gasteiger partial charge in [0, 0.05) is 12.7 Å². The minimum Gasteiger partial charge on any atom is -0.367 e. The van der Waals surface area contributed by atoms with Gasteiger partial charge in [-0.05, 0) is 12.1 Å². The van der Waals surface area contributed by atoms with Crippen molar-refractivity contribution in [2.24, 2.45) is 0 Å². The van der Waals surface area contributed by atoms with Crippen LogP contribution in [0.5, 0.6) is 0 Å². The predicted molar refractivity (Wildman–Crippen MR) is 78.1 cm³/mol. The first-order valence-corrected chi connectivity index (χ1v) is 6.68. The Bertz CT molecular complexity index is 728. The molecule has 6 nitrogen and oxygen atoms in total. The summed E-state index contributed by atoms with van der Waals surface area (Å²) in [6, 6.07) is 3.40. The summed E-state index contributed by atoms with van der Waals surface area (Å²) < 4.78 is 1.73. The van der Waals surface area contributed by atoms with Crippen LogP contribution < -0.4 is 5.32 Å². The third-order valence-electron chi connectivity index (χ3n) is 2.70. The number of aromatic nitrogens is 5. The quantitative estimate of drug-likeness (QED) is 0.802. The van der Waals surface area contributed by atoms with Crippen LogP contribution in [0, 0.1) is 0 Å². The number of halogens is 2. The van der Waals surface area contributed by atoms with Crippen molar-refractivity contribution in [2.45, 2.75) is 6.54 Å². The summed E-state index contributed by atoms with van der Waals surface area (Å²) >= 11 is 11.9. The minimum absolute atomic E-state index is 0.466. The van der Waals surface area contributed by atoms with E-state index in [1.807, 2.05) is 0 Å². The molecule has 0 amide bonds. The maximum absolute atomic E-state index is 5.97. The Kier molecular flexibility index (Phi) is 3.66. The molecule has 0 radical (unpaired) electrons. The first-order valence-electron chi connectivity index (χ1n) is 5.92. The van der Waals surface area contributed by atoms with Crippen molar-refractivity contribution in [3.63, 3.8) is 0 Å². The van der Waals surface area contributed by atoms with Crippen LogP contribution in [0.4, 0.5) is 5.82 Å². The van der Waals surface area contributed by atoms with Gasteiger partial charge in [0.2, 0.25) is 0 Å². The molecular formula is C12H10Cl2N6. The largest absolute Gasteiger partial charge is 0.367 e. The molecule has 0 aliphatic heterocycles. The lowest BCUT2D eigenvalue weighted by molar-refractivity contribution is 0.608. The van der Waals surface area contributed by atoms with Gasteiger partial charge in [-0.3, -0.25) is 9.67 Å². The highest BCUT2D eigenvalue weighted by Gasteiger charge is 2.04. The monoisotopic (exact) mass is 308 g/mol. The maximum atomic E-state index is 5.97. The highest BCUT2D eigenvalue weighted by Crippen LogP contribution is 2.26. The van der Waals surface area contributed by atoms with Crippen LogP contribution in [0.2, 0.25) is 10.0 Å². The third kappa shape index (κ3) is 2.81. The van der Waals surface area contributed by atoms with Crippen LogP contribution in [0.15, 0.2) is 30.7 Å². The van der Waals surface area contributed by atoms with Crippen molar-refractivity contribution >= 4 is 40.1 Å². The molecule has 0 aliphatic rings. The van der Waals surface area contributed by atoms with Gasteiger partial charge in [0.1, 0.15) is 5.82 Å². The lowest BCUT2D eigenvalue weighted by Gasteiger charge is -2.06. The van der Waals surface area contributed by atoms with Crippen molar-refractivity contribution in [1.82, 2.24) is 25.0 Å². The second-order valence-corrected chi connectivity index (χ2v) is 4.92. The first kappa shape index (κ1) is 13.1. The standard InChI is InChI=1S/C12H10Cl2N6/c13-8-5-10-11(6-9(8)14)18-12(7-16-10)15-1-3-20-4-2-17-19-20/h2,4-7H,1,3H2,(H,15,18). The molecule has 0 saturated carbocycles. The minimum atomic E-state index is 0.466. The van der Waals surface area contributed by atoms with E-state index in [1.165, 1.54) is 0 Å². The summed E-state index contributed by atoms with van der Waals surface area (Å²) in [6.07, 6.45) is 5.10. The van der Waals surface area contributed by atoms with Gasteiger partial charge in [-0.25, -0.2) is 4.98 Å². The molecule has 2 heterocycles.